The van der Waals surface area contributed by atoms with Gasteiger partial charge in [-0.1, -0.05) is 35.3 Å². The predicted octanol–water partition coefficient (Wildman–Crippen LogP) is 3.57. The highest BCUT2D eigenvalue weighted by molar-refractivity contribution is 6.42. The van der Waals surface area contributed by atoms with Gasteiger partial charge in [-0.2, -0.15) is 0 Å². The van der Waals surface area contributed by atoms with E-state index in [1.807, 2.05) is 0 Å². The minimum absolute atomic E-state index is 0.136. The third-order valence-corrected chi connectivity index (χ3v) is 3.69. The Balaban J connectivity index is 3.44. The van der Waals surface area contributed by atoms with Crippen LogP contribution in [-0.2, 0) is 10.3 Å². The first kappa shape index (κ1) is 15.5. The molecule has 1 atom stereocenters. The number of carbonyl (C=O) groups excluding carboxylic acids is 1. The second-order valence-electron chi connectivity index (χ2n) is 4.01. The summed E-state index contributed by atoms with van der Waals surface area (Å²) in [6.45, 7) is 3.56. The Morgan fingerprint density at radius 3 is 2.53 bits per heavy atom. The van der Waals surface area contributed by atoms with Gasteiger partial charge in [0.1, 0.15) is 5.54 Å². The number of carboxylic acid groups (broad SMARTS) is 1. The fourth-order valence-corrected chi connectivity index (χ4v) is 2.10. The van der Waals surface area contributed by atoms with Crippen LogP contribution in [0.15, 0.2) is 30.9 Å². The molecular weight excluding hydrogens is 289 g/mol. The number of amides is 1. The van der Waals surface area contributed by atoms with Crippen LogP contribution in [0.2, 0.25) is 10.0 Å². The van der Waals surface area contributed by atoms with Gasteiger partial charge in [0.25, 0.3) is 0 Å². The summed E-state index contributed by atoms with van der Waals surface area (Å²) >= 11 is 11.7. The highest BCUT2D eigenvalue weighted by atomic mass is 35.5. The zero-order valence-corrected chi connectivity index (χ0v) is 11.8. The monoisotopic (exact) mass is 301 g/mol. The number of hydrogen-bond donors (Lipinski definition) is 1. The van der Waals surface area contributed by atoms with Crippen LogP contribution in [0.5, 0.6) is 0 Å². The number of likely N-dealkylation sites (N-methyl/N-ethyl adjacent to an activating group) is 1. The molecular formula is C13H13Cl2NO3. The summed E-state index contributed by atoms with van der Waals surface area (Å²) in [6, 6.07) is 4.59. The first-order valence-electron chi connectivity index (χ1n) is 5.38. The number of carbonyl (C=O) groups is 2. The van der Waals surface area contributed by atoms with E-state index < -0.39 is 11.6 Å². The Labute approximate surface area is 121 Å². The molecule has 0 aromatic heterocycles. The van der Waals surface area contributed by atoms with Crippen molar-refractivity contribution < 1.29 is 14.7 Å². The quantitative estimate of drug-likeness (QED) is 0.668. The minimum Gasteiger partial charge on any atom is -0.465 e. The summed E-state index contributed by atoms with van der Waals surface area (Å²) in [5, 5.41) is 9.73. The smallest absolute Gasteiger partial charge is 0.408 e. The number of nitrogens with zero attached hydrogens (tertiary/aromatic N) is 1. The van der Waals surface area contributed by atoms with Crippen molar-refractivity contribution in [2.45, 2.75) is 12.0 Å². The van der Waals surface area contributed by atoms with Crippen molar-refractivity contribution >= 4 is 35.6 Å². The molecule has 0 heterocycles. The van der Waals surface area contributed by atoms with Crippen LogP contribution in [-0.4, -0.2) is 29.4 Å². The second kappa shape index (κ2) is 6.08. The molecule has 0 spiro atoms. The van der Waals surface area contributed by atoms with Crippen molar-refractivity contribution in [3.05, 3.63) is 46.5 Å². The van der Waals surface area contributed by atoms with Crippen molar-refractivity contribution in [2.75, 3.05) is 7.05 Å². The van der Waals surface area contributed by atoms with E-state index >= 15 is 0 Å². The zero-order chi connectivity index (χ0) is 14.6. The Morgan fingerprint density at radius 2 is 2.11 bits per heavy atom. The highest BCUT2D eigenvalue weighted by Crippen LogP contribution is 2.34. The van der Waals surface area contributed by atoms with Gasteiger partial charge in [0, 0.05) is 7.05 Å². The van der Waals surface area contributed by atoms with Crippen molar-refractivity contribution in [1.82, 2.24) is 4.90 Å². The van der Waals surface area contributed by atoms with E-state index in [-0.39, 0.29) is 11.4 Å². The normalized spacial score (nSPS) is 13.4. The maximum Gasteiger partial charge on any atom is 0.408 e. The molecule has 1 aromatic carbocycles. The maximum atomic E-state index is 11.5. The first-order valence-corrected chi connectivity index (χ1v) is 6.14. The summed E-state index contributed by atoms with van der Waals surface area (Å²) < 4.78 is 0. The number of aldehydes is 1. The summed E-state index contributed by atoms with van der Waals surface area (Å²) in [5.74, 6) is 0. The van der Waals surface area contributed by atoms with Crippen molar-refractivity contribution in [2.24, 2.45) is 0 Å². The Morgan fingerprint density at radius 1 is 1.47 bits per heavy atom. The van der Waals surface area contributed by atoms with E-state index in [4.69, 9.17) is 28.3 Å². The molecule has 0 saturated heterocycles. The van der Waals surface area contributed by atoms with Crippen molar-refractivity contribution in [3.63, 3.8) is 0 Å². The molecule has 0 radical (unpaired) electrons. The van der Waals surface area contributed by atoms with Crippen LogP contribution < -0.4 is 0 Å². The minimum atomic E-state index is -1.36. The Hall–Kier alpha value is -1.52. The number of rotatable bonds is 5. The molecule has 102 valence electrons. The van der Waals surface area contributed by atoms with E-state index in [1.165, 1.54) is 25.3 Å². The van der Waals surface area contributed by atoms with Crippen LogP contribution in [0.3, 0.4) is 0 Å². The van der Waals surface area contributed by atoms with E-state index in [1.54, 1.807) is 6.07 Å². The SMILES string of the molecule is C=CCC(C=O)(c1ccc(Cl)c(Cl)c1)N(C)C(=O)O. The van der Waals surface area contributed by atoms with Gasteiger partial charge in [-0.3, -0.25) is 4.90 Å². The average molecular weight is 302 g/mol. The van der Waals surface area contributed by atoms with E-state index in [2.05, 4.69) is 6.58 Å². The van der Waals surface area contributed by atoms with E-state index in [9.17, 15) is 9.59 Å². The third kappa shape index (κ3) is 2.91. The van der Waals surface area contributed by atoms with E-state index in [0.717, 1.165) is 4.90 Å². The lowest BCUT2D eigenvalue weighted by Crippen LogP contribution is -2.47. The maximum absolute atomic E-state index is 11.5. The molecule has 1 aromatic rings. The molecule has 0 bridgehead atoms. The lowest BCUT2D eigenvalue weighted by molar-refractivity contribution is -0.117. The Bertz CT molecular complexity index is 519. The third-order valence-electron chi connectivity index (χ3n) is 2.96. The van der Waals surface area contributed by atoms with Gasteiger partial charge in [-0.25, -0.2) is 4.79 Å². The molecule has 0 aliphatic rings. The van der Waals surface area contributed by atoms with Gasteiger partial charge >= 0.3 is 6.09 Å². The van der Waals surface area contributed by atoms with Crippen LogP contribution >= 0.6 is 23.2 Å². The van der Waals surface area contributed by atoms with Crippen LogP contribution in [0.25, 0.3) is 0 Å². The summed E-state index contributed by atoms with van der Waals surface area (Å²) in [7, 11) is 1.32. The molecule has 4 nitrogen and oxygen atoms in total. The van der Waals surface area contributed by atoms with Crippen molar-refractivity contribution in [3.8, 4) is 0 Å². The van der Waals surface area contributed by atoms with Crippen LogP contribution in [0, 0.1) is 0 Å². The summed E-state index contributed by atoms with van der Waals surface area (Å²) in [4.78, 5) is 23.6. The van der Waals surface area contributed by atoms with Gasteiger partial charge in [-0.15, -0.1) is 6.58 Å². The highest BCUT2D eigenvalue weighted by Gasteiger charge is 2.38. The summed E-state index contributed by atoms with van der Waals surface area (Å²) in [6.07, 6.45) is 0.968. The zero-order valence-electron chi connectivity index (χ0n) is 10.3. The van der Waals surface area contributed by atoms with Crippen LogP contribution in [0.1, 0.15) is 12.0 Å². The molecule has 0 fully saturated rings. The number of hydrogen-bond acceptors (Lipinski definition) is 2. The predicted molar refractivity (Wildman–Crippen MR) is 74.8 cm³/mol. The van der Waals surface area contributed by atoms with Crippen molar-refractivity contribution in [1.29, 1.82) is 0 Å². The van der Waals surface area contributed by atoms with Gasteiger partial charge in [0.05, 0.1) is 10.0 Å². The van der Waals surface area contributed by atoms with E-state index in [0.29, 0.717) is 16.9 Å². The lowest BCUT2D eigenvalue weighted by atomic mass is 9.86. The second-order valence-corrected chi connectivity index (χ2v) is 4.82. The number of benzene rings is 1. The number of halogens is 2. The molecule has 0 saturated carbocycles. The molecule has 0 aliphatic carbocycles. The summed E-state index contributed by atoms with van der Waals surface area (Å²) in [5.41, 5.74) is -0.913. The van der Waals surface area contributed by atoms with Gasteiger partial charge in [0.15, 0.2) is 6.29 Å². The first-order chi connectivity index (χ1) is 8.89. The topological polar surface area (TPSA) is 57.6 Å². The average Bonchev–Trinajstić information content (AvgIpc) is 2.38. The molecule has 1 N–H and O–H groups in total. The van der Waals surface area contributed by atoms with Gasteiger partial charge in [-0.05, 0) is 24.1 Å². The fraction of sp³-hybridized carbons (Fsp3) is 0.231. The largest absolute Gasteiger partial charge is 0.465 e. The van der Waals surface area contributed by atoms with Gasteiger partial charge < -0.3 is 9.90 Å². The molecule has 1 rings (SSSR count). The molecule has 1 unspecified atom stereocenters. The van der Waals surface area contributed by atoms with Crippen LogP contribution in [0.4, 0.5) is 4.79 Å². The molecule has 6 heteroatoms. The molecule has 1 amide bonds. The molecule has 19 heavy (non-hydrogen) atoms. The lowest BCUT2D eigenvalue weighted by Gasteiger charge is -2.35. The Kier molecular flexibility index (Phi) is 4.97. The standard InChI is InChI=1S/C13H13Cl2NO3/c1-3-6-13(8-17,16(2)12(18)19)9-4-5-10(14)11(15)7-9/h3-5,7-8H,1,6H2,2H3,(H,18,19). The van der Waals surface area contributed by atoms with Gasteiger partial charge in [0.2, 0.25) is 0 Å². The fourth-order valence-electron chi connectivity index (χ4n) is 1.80. The molecule has 0 aliphatic heterocycles.